The van der Waals surface area contributed by atoms with Gasteiger partial charge >= 0.3 is 6.03 Å². The predicted molar refractivity (Wildman–Crippen MR) is 80.1 cm³/mol. The molecule has 0 bridgehead atoms. The lowest BCUT2D eigenvalue weighted by molar-refractivity contribution is 0.229. The Bertz CT molecular complexity index is 617. The molecule has 1 atom stereocenters. The van der Waals surface area contributed by atoms with Gasteiger partial charge in [-0.3, -0.25) is 0 Å². The molecule has 1 heterocycles. The van der Waals surface area contributed by atoms with E-state index in [1.165, 1.54) is 0 Å². The van der Waals surface area contributed by atoms with Gasteiger partial charge in [-0.1, -0.05) is 6.07 Å². The standard InChI is InChI=1S/C15H19N3O3/c1-9(8-19)16-15(20)18-13-6-4-5-12(7-13)14-17-10(2)11(3)21-14/h4-7,9,19H,8H2,1-3H3,(H2,16,18,20)/t9-/m0/s1. The molecule has 0 radical (unpaired) electrons. The molecular formula is C15H19N3O3. The smallest absolute Gasteiger partial charge is 0.319 e. The van der Waals surface area contributed by atoms with E-state index in [4.69, 9.17) is 9.52 Å². The van der Waals surface area contributed by atoms with E-state index in [0.717, 1.165) is 17.0 Å². The fourth-order valence-corrected chi connectivity index (χ4v) is 1.76. The van der Waals surface area contributed by atoms with Gasteiger partial charge in [-0.2, -0.15) is 0 Å². The van der Waals surface area contributed by atoms with Crippen LogP contribution in [0.2, 0.25) is 0 Å². The number of hydrogen-bond donors (Lipinski definition) is 3. The summed E-state index contributed by atoms with van der Waals surface area (Å²) in [6.45, 7) is 5.35. The molecule has 2 rings (SSSR count). The fraction of sp³-hybridized carbons (Fsp3) is 0.333. The molecule has 1 aromatic heterocycles. The number of benzene rings is 1. The number of oxazole rings is 1. The first kappa shape index (κ1) is 15.1. The molecule has 0 aliphatic carbocycles. The zero-order valence-electron chi connectivity index (χ0n) is 12.3. The third-order valence-electron chi connectivity index (χ3n) is 3.05. The monoisotopic (exact) mass is 289 g/mol. The molecule has 0 saturated heterocycles. The third kappa shape index (κ3) is 3.82. The Morgan fingerprint density at radius 3 is 2.81 bits per heavy atom. The van der Waals surface area contributed by atoms with E-state index in [0.29, 0.717) is 11.6 Å². The molecule has 6 nitrogen and oxygen atoms in total. The quantitative estimate of drug-likeness (QED) is 0.807. The highest BCUT2D eigenvalue weighted by Gasteiger charge is 2.10. The molecular weight excluding hydrogens is 270 g/mol. The molecule has 2 amide bonds. The second-order valence-electron chi connectivity index (χ2n) is 4.92. The van der Waals surface area contributed by atoms with Gasteiger partial charge in [0.15, 0.2) is 0 Å². The van der Waals surface area contributed by atoms with Crippen molar-refractivity contribution in [3.63, 3.8) is 0 Å². The van der Waals surface area contributed by atoms with Gasteiger partial charge in [-0.15, -0.1) is 0 Å². The van der Waals surface area contributed by atoms with Crippen molar-refractivity contribution in [2.75, 3.05) is 11.9 Å². The van der Waals surface area contributed by atoms with Gasteiger partial charge in [-0.05, 0) is 39.0 Å². The predicted octanol–water partition coefficient (Wildman–Crippen LogP) is 2.46. The highest BCUT2D eigenvalue weighted by molar-refractivity contribution is 5.90. The van der Waals surface area contributed by atoms with Gasteiger partial charge in [0.2, 0.25) is 5.89 Å². The lowest BCUT2D eigenvalue weighted by atomic mass is 10.2. The Kier molecular flexibility index (Phi) is 4.59. The van der Waals surface area contributed by atoms with Crippen LogP contribution in [0.1, 0.15) is 18.4 Å². The maximum absolute atomic E-state index is 11.7. The lowest BCUT2D eigenvalue weighted by Crippen LogP contribution is -2.38. The summed E-state index contributed by atoms with van der Waals surface area (Å²) in [5, 5.41) is 14.2. The maximum atomic E-state index is 11.7. The molecule has 21 heavy (non-hydrogen) atoms. The van der Waals surface area contributed by atoms with Crippen molar-refractivity contribution in [1.82, 2.24) is 10.3 Å². The second kappa shape index (κ2) is 6.41. The number of carbonyl (C=O) groups excluding carboxylic acids is 1. The molecule has 2 aromatic rings. The molecule has 0 fully saturated rings. The average Bonchev–Trinajstić information content (AvgIpc) is 2.78. The number of rotatable bonds is 4. The maximum Gasteiger partial charge on any atom is 0.319 e. The number of aryl methyl sites for hydroxylation is 2. The Balaban J connectivity index is 2.12. The largest absolute Gasteiger partial charge is 0.441 e. The van der Waals surface area contributed by atoms with Crippen LogP contribution in [0.3, 0.4) is 0 Å². The number of carbonyl (C=O) groups is 1. The van der Waals surface area contributed by atoms with E-state index in [-0.39, 0.29) is 18.7 Å². The van der Waals surface area contributed by atoms with E-state index in [1.807, 2.05) is 26.0 Å². The topological polar surface area (TPSA) is 87.4 Å². The highest BCUT2D eigenvalue weighted by Crippen LogP contribution is 2.23. The number of amides is 2. The van der Waals surface area contributed by atoms with Gasteiger partial charge in [0.05, 0.1) is 18.3 Å². The van der Waals surface area contributed by atoms with Gasteiger partial charge in [0.1, 0.15) is 5.76 Å². The Morgan fingerprint density at radius 1 is 1.43 bits per heavy atom. The minimum absolute atomic E-state index is 0.109. The van der Waals surface area contributed by atoms with E-state index >= 15 is 0 Å². The van der Waals surface area contributed by atoms with Gasteiger partial charge in [0, 0.05) is 11.3 Å². The summed E-state index contributed by atoms with van der Waals surface area (Å²) < 4.78 is 5.57. The van der Waals surface area contributed by atoms with Crippen LogP contribution in [0.5, 0.6) is 0 Å². The molecule has 0 unspecified atom stereocenters. The molecule has 1 aromatic carbocycles. The van der Waals surface area contributed by atoms with E-state index < -0.39 is 0 Å². The van der Waals surface area contributed by atoms with Crippen LogP contribution in [-0.2, 0) is 0 Å². The number of aliphatic hydroxyl groups excluding tert-OH is 1. The highest BCUT2D eigenvalue weighted by atomic mass is 16.4. The van der Waals surface area contributed by atoms with Crippen molar-refractivity contribution in [3.8, 4) is 11.5 Å². The summed E-state index contributed by atoms with van der Waals surface area (Å²) in [4.78, 5) is 16.0. The van der Waals surface area contributed by atoms with Crippen LogP contribution in [-0.4, -0.2) is 28.8 Å². The molecule has 112 valence electrons. The van der Waals surface area contributed by atoms with Crippen LogP contribution >= 0.6 is 0 Å². The summed E-state index contributed by atoms with van der Waals surface area (Å²) in [6.07, 6.45) is 0. The average molecular weight is 289 g/mol. The molecule has 0 saturated carbocycles. The first-order valence-electron chi connectivity index (χ1n) is 6.72. The van der Waals surface area contributed by atoms with Crippen molar-refractivity contribution in [2.24, 2.45) is 0 Å². The number of nitrogens with zero attached hydrogens (tertiary/aromatic N) is 1. The van der Waals surface area contributed by atoms with Crippen LogP contribution in [0, 0.1) is 13.8 Å². The Labute approximate surface area is 123 Å². The summed E-state index contributed by atoms with van der Waals surface area (Å²) in [6, 6.07) is 6.57. The van der Waals surface area contributed by atoms with Crippen LogP contribution < -0.4 is 10.6 Å². The Hall–Kier alpha value is -2.34. The lowest BCUT2D eigenvalue weighted by Gasteiger charge is -2.12. The van der Waals surface area contributed by atoms with Crippen molar-refractivity contribution in [1.29, 1.82) is 0 Å². The number of urea groups is 1. The van der Waals surface area contributed by atoms with Crippen molar-refractivity contribution >= 4 is 11.7 Å². The molecule has 0 spiro atoms. The third-order valence-corrected chi connectivity index (χ3v) is 3.05. The van der Waals surface area contributed by atoms with Crippen molar-refractivity contribution < 1.29 is 14.3 Å². The normalized spacial score (nSPS) is 12.0. The summed E-state index contributed by atoms with van der Waals surface area (Å²) in [7, 11) is 0. The van der Waals surface area contributed by atoms with E-state index in [2.05, 4.69) is 15.6 Å². The van der Waals surface area contributed by atoms with E-state index in [9.17, 15) is 4.79 Å². The van der Waals surface area contributed by atoms with E-state index in [1.54, 1.807) is 19.1 Å². The summed E-state index contributed by atoms with van der Waals surface area (Å²) in [5.41, 5.74) is 2.26. The van der Waals surface area contributed by atoms with Crippen molar-refractivity contribution in [2.45, 2.75) is 26.8 Å². The zero-order chi connectivity index (χ0) is 15.4. The summed E-state index contributed by atoms with van der Waals surface area (Å²) >= 11 is 0. The van der Waals surface area contributed by atoms with Gasteiger partial charge in [-0.25, -0.2) is 9.78 Å². The Morgan fingerprint density at radius 2 is 2.19 bits per heavy atom. The number of aromatic nitrogens is 1. The molecule has 0 aliphatic rings. The number of nitrogens with one attached hydrogen (secondary N) is 2. The van der Waals surface area contributed by atoms with Gasteiger partial charge < -0.3 is 20.2 Å². The van der Waals surface area contributed by atoms with Crippen LogP contribution in [0.15, 0.2) is 28.7 Å². The van der Waals surface area contributed by atoms with Crippen LogP contribution in [0.25, 0.3) is 11.5 Å². The fourth-order valence-electron chi connectivity index (χ4n) is 1.76. The number of hydrogen-bond acceptors (Lipinski definition) is 4. The molecule has 3 N–H and O–H groups in total. The number of aliphatic hydroxyl groups is 1. The van der Waals surface area contributed by atoms with Crippen molar-refractivity contribution in [3.05, 3.63) is 35.7 Å². The first-order valence-corrected chi connectivity index (χ1v) is 6.72. The minimum atomic E-state index is -0.367. The molecule has 0 aliphatic heterocycles. The summed E-state index contributed by atoms with van der Waals surface area (Å²) in [5.74, 6) is 1.30. The second-order valence-corrected chi connectivity index (χ2v) is 4.92. The minimum Gasteiger partial charge on any atom is -0.441 e. The van der Waals surface area contributed by atoms with Gasteiger partial charge in [0.25, 0.3) is 0 Å². The molecule has 6 heteroatoms. The first-order chi connectivity index (χ1) is 9.99. The van der Waals surface area contributed by atoms with Crippen LogP contribution in [0.4, 0.5) is 10.5 Å². The number of anilines is 1. The SMILES string of the molecule is Cc1nc(-c2cccc(NC(=O)N[C@@H](C)CO)c2)oc1C. The zero-order valence-corrected chi connectivity index (χ0v) is 12.3.